The van der Waals surface area contributed by atoms with E-state index in [4.69, 9.17) is 0 Å². The number of hydrogen-bond acceptors (Lipinski definition) is 7. The van der Waals surface area contributed by atoms with Crippen molar-refractivity contribution in [3.8, 4) is 5.82 Å². The lowest BCUT2D eigenvalue weighted by Crippen LogP contribution is -2.38. The van der Waals surface area contributed by atoms with Gasteiger partial charge in [-0.1, -0.05) is 0 Å². The minimum Gasteiger partial charge on any atom is -0.351 e. The van der Waals surface area contributed by atoms with E-state index < -0.39 is 0 Å². The molecule has 1 fully saturated rings. The first-order valence-corrected chi connectivity index (χ1v) is 9.62. The predicted octanol–water partition coefficient (Wildman–Crippen LogP) is 1.15. The van der Waals surface area contributed by atoms with Gasteiger partial charge in [0.15, 0.2) is 5.82 Å². The lowest BCUT2D eigenvalue weighted by atomic mass is 10.2. The smallest absolute Gasteiger partial charge is 0.266 e. The topological polar surface area (TPSA) is 99.0 Å². The van der Waals surface area contributed by atoms with Crippen LogP contribution in [0.4, 0.5) is 5.82 Å². The van der Waals surface area contributed by atoms with Crippen molar-refractivity contribution >= 4 is 11.6 Å². The van der Waals surface area contributed by atoms with E-state index >= 15 is 0 Å². The van der Waals surface area contributed by atoms with Crippen LogP contribution in [0.1, 0.15) is 24.1 Å². The van der Waals surface area contributed by atoms with Crippen LogP contribution in [-0.2, 0) is 6.54 Å². The van der Waals surface area contributed by atoms with Crippen molar-refractivity contribution in [3.05, 3.63) is 58.8 Å². The molecule has 0 radical (unpaired) electrons. The lowest BCUT2D eigenvalue weighted by Gasteiger charge is -2.28. The maximum absolute atomic E-state index is 12.5. The van der Waals surface area contributed by atoms with E-state index in [2.05, 4.69) is 37.0 Å². The first kappa shape index (κ1) is 17.5. The molecule has 0 saturated carbocycles. The highest BCUT2D eigenvalue weighted by Gasteiger charge is 2.30. The maximum Gasteiger partial charge on any atom is 0.266 e. The van der Waals surface area contributed by atoms with Crippen LogP contribution in [0.15, 0.2) is 42.0 Å². The molecule has 5 rings (SSSR count). The van der Waals surface area contributed by atoms with E-state index in [1.165, 1.54) is 6.33 Å². The normalized spacial score (nSPS) is 16.8. The second-order valence-corrected chi connectivity index (χ2v) is 7.29. The molecule has 29 heavy (non-hydrogen) atoms. The van der Waals surface area contributed by atoms with E-state index in [1.54, 1.807) is 38.4 Å². The Hall–Kier alpha value is -3.56. The Bertz CT molecular complexity index is 1220. The summed E-state index contributed by atoms with van der Waals surface area (Å²) in [6, 6.07) is 3.40. The van der Waals surface area contributed by atoms with Crippen molar-refractivity contribution in [3.63, 3.8) is 0 Å². The van der Waals surface area contributed by atoms with Gasteiger partial charge in [0, 0.05) is 36.3 Å². The Balaban J connectivity index is 1.52. The molecular formula is C19H21N9O. The van der Waals surface area contributed by atoms with E-state index in [-0.39, 0.29) is 11.6 Å². The molecule has 1 saturated heterocycles. The average molecular weight is 391 g/mol. The van der Waals surface area contributed by atoms with Gasteiger partial charge in [-0.15, -0.1) is 0 Å². The third kappa shape index (κ3) is 2.96. The summed E-state index contributed by atoms with van der Waals surface area (Å²) in [7, 11) is 0. The number of imidazole rings is 1. The number of anilines is 1. The predicted molar refractivity (Wildman–Crippen MR) is 106 cm³/mol. The maximum atomic E-state index is 12.5. The molecule has 10 nitrogen and oxygen atoms in total. The number of fused-ring (bicyclic) bond motifs is 1. The van der Waals surface area contributed by atoms with Crippen molar-refractivity contribution < 1.29 is 0 Å². The van der Waals surface area contributed by atoms with Gasteiger partial charge in [0.2, 0.25) is 0 Å². The lowest BCUT2D eigenvalue weighted by molar-refractivity contribution is 0.482. The fraction of sp³-hybridized carbons (Fsp3) is 0.368. The SMILES string of the molecule is Cc1nc2ncnn2c(N2CCCC2Cn2nc(-n3ccnc3)ccc2=O)c1C. The zero-order valence-electron chi connectivity index (χ0n) is 16.3. The fourth-order valence-electron chi connectivity index (χ4n) is 3.96. The monoisotopic (exact) mass is 391 g/mol. The summed E-state index contributed by atoms with van der Waals surface area (Å²) in [5.41, 5.74) is 1.89. The van der Waals surface area contributed by atoms with E-state index in [9.17, 15) is 4.79 Å². The number of hydrogen-bond donors (Lipinski definition) is 0. The van der Waals surface area contributed by atoms with Gasteiger partial charge in [-0.3, -0.25) is 9.36 Å². The molecule has 5 heterocycles. The highest BCUT2D eigenvalue weighted by Crippen LogP contribution is 2.30. The second kappa shape index (κ2) is 6.80. The Morgan fingerprint density at radius 3 is 2.97 bits per heavy atom. The minimum atomic E-state index is -0.116. The summed E-state index contributed by atoms with van der Waals surface area (Å²) in [5, 5.41) is 8.93. The van der Waals surface area contributed by atoms with E-state index in [0.717, 1.165) is 36.5 Å². The average Bonchev–Trinajstić information content (AvgIpc) is 3.46. The molecule has 0 bridgehead atoms. The summed E-state index contributed by atoms with van der Waals surface area (Å²) < 4.78 is 5.12. The second-order valence-electron chi connectivity index (χ2n) is 7.29. The number of nitrogens with zero attached hydrogens (tertiary/aromatic N) is 9. The van der Waals surface area contributed by atoms with Gasteiger partial charge in [0.1, 0.15) is 18.5 Å². The molecule has 0 aromatic carbocycles. The molecule has 1 aliphatic heterocycles. The zero-order valence-corrected chi connectivity index (χ0v) is 16.3. The van der Waals surface area contributed by atoms with Crippen LogP contribution in [0.5, 0.6) is 0 Å². The van der Waals surface area contributed by atoms with Gasteiger partial charge < -0.3 is 4.90 Å². The van der Waals surface area contributed by atoms with E-state index in [0.29, 0.717) is 18.1 Å². The van der Waals surface area contributed by atoms with Crippen LogP contribution in [0.2, 0.25) is 0 Å². The van der Waals surface area contributed by atoms with Crippen LogP contribution in [-0.4, -0.2) is 51.5 Å². The Kier molecular flexibility index (Phi) is 4.11. The quantitative estimate of drug-likeness (QED) is 0.515. The van der Waals surface area contributed by atoms with Crippen LogP contribution in [0.3, 0.4) is 0 Å². The molecule has 148 valence electrons. The van der Waals surface area contributed by atoms with Crippen molar-refractivity contribution in [1.82, 2.24) is 38.9 Å². The third-order valence-electron chi connectivity index (χ3n) is 5.53. The van der Waals surface area contributed by atoms with Crippen LogP contribution < -0.4 is 10.5 Å². The molecule has 0 N–H and O–H groups in total. The highest BCUT2D eigenvalue weighted by molar-refractivity contribution is 5.55. The van der Waals surface area contributed by atoms with Gasteiger partial charge in [0.25, 0.3) is 11.3 Å². The Labute approximate surface area is 166 Å². The number of aromatic nitrogens is 8. The molecule has 0 amide bonds. The van der Waals surface area contributed by atoms with Gasteiger partial charge in [0.05, 0.1) is 12.6 Å². The summed E-state index contributed by atoms with van der Waals surface area (Å²) >= 11 is 0. The third-order valence-corrected chi connectivity index (χ3v) is 5.53. The number of rotatable bonds is 4. The zero-order chi connectivity index (χ0) is 20.0. The largest absolute Gasteiger partial charge is 0.351 e. The number of aryl methyl sites for hydroxylation is 1. The standard InChI is InChI=1S/C19H21N9O/c1-13-14(2)23-19-21-11-22-28(19)18(13)26-8-3-4-15(26)10-27-17(29)6-5-16(24-27)25-9-7-20-12-25/h5-7,9,11-12,15H,3-4,8,10H2,1-2H3. The van der Waals surface area contributed by atoms with Crippen molar-refractivity contribution in [2.45, 2.75) is 39.3 Å². The molecule has 4 aromatic heterocycles. The van der Waals surface area contributed by atoms with Gasteiger partial charge >= 0.3 is 0 Å². The highest BCUT2D eigenvalue weighted by atomic mass is 16.1. The summed E-state index contributed by atoms with van der Waals surface area (Å²) in [6.45, 7) is 5.43. The molecule has 4 aromatic rings. The molecular weight excluding hydrogens is 370 g/mol. The molecule has 1 unspecified atom stereocenters. The molecule has 1 atom stereocenters. The summed E-state index contributed by atoms with van der Waals surface area (Å²) in [4.78, 5) is 27.6. The summed E-state index contributed by atoms with van der Waals surface area (Å²) in [6.07, 6.45) is 8.70. The van der Waals surface area contributed by atoms with Gasteiger partial charge in [-0.2, -0.15) is 19.7 Å². The molecule has 10 heteroatoms. The Morgan fingerprint density at radius 2 is 2.14 bits per heavy atom. The molecule has 0 spiro atoms. The first-order chi connectivity index (χ1) is 14.1. The fourth-order valence-corrected chi connectivity index (χ4v) is 3.96. The summed E-state index contributed by atoms with van der Waals surface area (Å²) in [5.74, 6) is 2.25. The molecule has 0 aliphatic carbocycles. The van der Waals surface area contributed by atoms with Crippen molar-refractivity contribution in [2.24, 2.45) is 0 Å². The Morgan fingerprint density at radius 1 is 1.24 bits per heavy atom. The minimum absolute atomic E-state index is 0.116. The van der Waals surface area contributed by atoms with Crippen LogP contribution >= 0.6 is 0 Å². The molecule has 1 aliphatic rings. The van der Waals surface area contributed by atoms with Gasteiger partial charge in [-0.25, -0.2) is 14.6 Å². The van der Waals surface area contributed by atoms with Crippen LogP contribution in [0.25, 0.3) is 11.6 Å². The first-order valence-electron chi connectivity index (χ1n) is 9.62. The van der Waals surface area contributed by atoms with Gasteiger partial charge in [-0.05, 0) is 32.8 Å². The van der Waals surface area contributed by atoms with Crippen molar-refractivity contribution in [2.75, 3.05) is 11.4 Å². The van der Waals surface area contributed by atoms with E-state index in [1.807, 2.05) is 13.1 Å². The van der Waals surface area contributed by atoms with Crippen molar-refractivity contribution in [1.29, 1.82) is 0 Å². The van der Waals surface area contributed by atoms with Crippen LogP contribution in [0, 0.1) is 13.8 Å².